The minimum absolute atomic E-state index is 0.168. The molecule has 3 rings (SSSR count). The Morgan fingerprint density at radius 1 is 0.800 bits per heavy atom. The number of hydrogen-bond donors (Lipinski definition) is 3. The van der Waals surface area contributed by atoms with Crippen LogP contribution < -0.4 is 15.4 Å². The predicted molar refractivity (Wildman–Crippen MR) is 108 cm³/mol. The van der Waals surface area contributed by atoms with Crippen LogP contribution in [-0.2, 0) is 6.18 Å². The summed E-state index contributed by atoms with van der Waals surface area (Å²) in [5.41, 5.74) is 0.596. The molecule has 154 valence electrons. The second-order valence-electron chi connectivity index (χ2n) is 6.26. The molecule has 3 N–H and O–H groups in total. The molecule has 0 aliphatic carbocycles. The molecule has 0 aliphatic heterocycles. The molecule has 30 heavy (non-hydrogen) atoms. The molecule has 0 unspecified atom stereocenters. The van der Waals surface area contributed by atoms with Gasteiger partial charge in [-0.15, -0.1) is 0 Å². The zero-order chi connectivity index (χ0) is 21.7. The summed E-state index contributed by atoms with van der Waals surface area (Å²) in [7, 11) is 0. The van der Waals surface area contributed by atoms with Crippen LogP contribution >= 0.6 is 0 Å². The number of hydrogen-bond acceptors (Lipinski definition) is 4. The highest BCUT2D eigenvalue weighted by molar-refractivity contribution is 5.87. The monoisotopic (exact) mass is 414 g/mol. The summed E-state index contributed by atoms with van der Waals surface area (Å²) in [6, 6.07) is 17.5. The topological polar surface area (TPSA) is 70.6 Å². The molecule has 3 aromatic rings. The Bertz CT molecular complexity index is 1030. The van der Waals surface area contributed by atoms with Gasteiger partial charge in [-0.25, -0.2) is 4.79 Å². The van der Waals surface area contributed by atoms with Gasteiger partial charge in [0.15, 0.2) is 0 Å². The van der Waals surface area contributed by atoms with Crippen LogP contribution in [0.25, 0.3) is 0 Å². The Hall–Kier alpha value is -3.94. The second-order valence-corrected chi connectivity index (χ2v) is 6.26. The number of nitrogens with one attached hydrogen (secondary N) is 2. The van der Waals surface area contributed by atoms with Crippen LogP contribution in [0.5, 0.6) is 11.5 Å². The van der Waals surface area contributed by atoms with Gasteiger partial charge in [0.2, 0.25) is 0 Å². The SMILES string of the molecule is C=C(Nc1ccc(Oc2ccc(C(=O)O)cc2)cc1)Nc1ccc(C(F)(F)F)cc1. The summed E-state index contributed by atoms with van der Waals surface area (Å²) in [6.45, 7) is 3.81. The third-order valence-electron chi connectivity index (χ3n) is 3.99. The van der Waals surface area contributed by atoms with Crippen molar-refractivity contribution in [3.8, 4) is 11.5 Å². The van der Waals surface area contributed by atoms with Crippen LogP contribution in [0.15, 0.2) is 85.2 Å². The molecule has 5 nitrogen and oxygen atoms in total. The standard InChI is InChI=1S/C22H17F3N2O3/c1-14(26-17-6-4-16(5-7-17)22(23,24)25)27-18-8-12-20(13-9-18)30-19-10-2-15(3-11-19)21(28)29/h2-13,26-27H,1H2,(H,28,29). The van der Waals surface area contributed by atoms with Crippen molar-refractivity contribution in [2.45, 2.75) is 6.18 Å². The number of carboxylic acid groups (broad SMARTS) is 1. The Morgan fingerprint density at radius 2 is 1.23 bits per heavy atom. The Morgan fingerprint density at radius 3 is 1.67 bits per heavy atom. The highest BCUT2D eigenvalue weighted by Crippen LogP contribution is 2.30. The van der Waals surface area contributed by atoms with Crippen molar-refractivity contribution >= 4 is 17.3 Å². The number of carboxylic acids is 1. The molecule has 0 fully saturated rings. The van der Waals surface area contributed by atoms with E-state index in [4.69, 9.17) is 9.84 Å². The van der Waals surface area contributed by atoms with Crippen LogP contribution in [0.3, 0.4) is 0 Å². The van der Waals surface area contributed by atoms with Gasteiger partial charge < -0.3 is 20.5 Å². The van der Waals surface area contributed by atoms with E-state index in [-0.39, 0.29) is 5.56 Å². The summed E-state index contributed by atoms with van der Waals surface area (Å²) in [6.07, 6.45) is -4.38. The molecule has 0 aliphatic rings. The predicted octanol–water partition coefficient (Wildman–Crippen LogP) is 6.19. The number of benzene rings is 3. The Kier molecular flexibility index (Phi) is 5.96. The maximum Gasteiger partial charge on any atom is 0.416 e. The molecule has 0 amide bonds. The first-order valence-corrected chi connectivity index (χ1v) is 8.72. The van der Waals surface area contributed by atoms with Gasteiger partial charge in [-0.2, -0.15) is 13.2 Å². The lowest BCUT2D eigenvalue weighted by Gasteiger charge is -2.14. The van der Waals surface area contributed by atoms with Crippen molar-refractivity contribution in [3.05, 3.63) is 96.3 Å². The molecule has 0 aromatic heterocycles. The first-order valence-electron chi connectivity index (χ1n) is 8.72. The third kappa shape index (κ3) is 5.54. The first-order chi connectivity index (χ1) is 14.2. The van der Waals surface area contributed by atoms with Crippen LogP contribution in [0, 0.1) is 0 Å². The van der Waals surface area contributed by atoms with E-state index in [2.05, 4.69) is 17.2 Å². The van der Waals surface area contributed by atoms with Gasteiger partial charge in [-0.05, 0) is 72.8 Å². The minimum atomic E-state index is -4.38. The summed E-state index contributed by atoms with van der Waals surface area (Å²) in [5.74, 6) is 0.411. The van der Waals surface area contributed by atoms with Crippen LogP contribution in [0.4, 0.5) is 24.5 Å². The average Bonchev–Trinajstić information content (AvgIpc) is 2.69. The summed E-state index contributed by atoms with van der Waals surface area (Å²) < 4.78 is 43.5. The Labute approximate surface area is 170 Å². The normalized spacial score (nSPS) is 10.9. The van der Waals surface area contributed by atoms with E-state index < -0.39 is 17.7 Å². The van der Waals surface area contributed by atoms with Crippen LogP contribution in [0.1, 0.15) is 15.9 Å². The van der Waals surface area contributed by atoms with Gasteiger partial charge in [0.05, 0.1) is 11.1 Å². The van der Waals surface area contributed by atoms with Crippen molar-refractivity contribution in [1.82, 2.24) is 0 Å². The van der Waals surface area contributed by atoms with Crippen LogP contribution in [0.2, 0.25) is 0 Å². The molecular formula is C22H17F3N2O3. The smallest absolute Gasteiger partial charge is 0.416 e. The number of aromatic carboxylic acids is 1. The summed E-state index contributed by atoms with van der Waals surface area (Å²) in [4.78, 5) is 10.9. The highest BCUT2D eigenvalue weighted by atomic mass is 19.4. The lowest BCUT2D eigenvalue weighted by Crippen LogP contribution is -2.09. The maximum absolute atomic E-state index is 12.6. The summed E-state index contributed by atoms with van der Waals surface area (Å²) >= 11 is 0. The molecule has 0 saturated carbocycles. The molecule has 0 bridgehead atoms. The van der Waals surface area contributed by atoms with Crippen molar-refractivity contribution in [2.24, 2.45) is 0 Å². The van der Waals surface area contributed by atoms with E-state index in [1.54, 1.807) is 36.4 Å². The molecule has 0 saturated heterocycles. The molecule has 8 heteroatoms. The summed E-state index contributed by atoms with van der Waals surface area (Å²) in [5, 5.41) is 14.8. The van der Waals surface area contributed by atoms with Crippen molar-refractivity contribution in [1.29, 1.82) is 0 Å². The zero-order valence-corrected chi connectivity index (χ0v) is 15.5. The van der Waals surface area contributed by atoms with Gasteiger partial charge in [0.25, 0.3) is 0 Å². The molecular weight excluding hydrogens is 397 g/mol. The number of anilines is 2. The van der Waals surface area contributed by atoms with E-state index in [1.807, 2.05) is 0 Å². The van der Waals surface area contributed by atoms with E-state index in [0.29, 0.717) is 28.7 Å². The number of halogens is 3. The lowest BCUT2D eigenvalue weighted by atomic mass is 10.2. The van der Waals surface area contributed by atoms with Crippen molar-refractivity contribution in [3.63, 3.8) is 0 Å². The fourth-order valence-electron chi connectivity index (χ4n) is 2.53. The Balaban J connectivity index is 1.56. The van der Waals surface area contributed by atoms with Gasteiger partial charge >= 0.3 is 12.1 Å². The largest absolute Gasteiger partial charge is 0.478 e. The molecule has 0 heterocycles. The van der Waals surface area contributed by atoms with Gasteiger partial charge in [0, 0.05) is 11.4 Å². The van der Waals surface area contributed by atoms with Gasteiger partial charge in [-0.1, -0.05) is 6.58 Å². The van der Waals surface area contributed by atoms with E-state index in [1.165, 1.54) is 24.3 Å². The molecule has 0 spiro atoms. The fourth-order valence-corrected chi connectivity index (χ4v) is 2.53. The minimum Gasteiger partial charge on any atom is -0.478 e. The molecule has 0 radical (unpaired) electrons. The first kappa shape index (κ1) is 20.8. The highest BCUT2D eigenvalue weighted by Gasteiger charge is 2.29. The van der Waals surface area contributed by atoms with Crippen LogP contribution in [-0.4, -0.2) is 11.1 Å². The number of carbonyl (C=O) groups is 1. The number of ether oxygens (including phenoxy) is 1. The third-order valence-corrected chi connectivity index (χ3v) is 3.99. The average molecular weight is 414 g/mol. The van der Waals surface area contributed by atoms with Crippen molar-refractivity contribution < 1.29 is 27.8 Å². The number of rotatable bonds is 7. The van der Waals surface area contributed by atoms with E-state index >= 15 is 0 Å². The van der Waals surface area contributed by atoms with E-state index in [9.17, 15) is 18.0 Å². The van der Waals surface area contributed by atoms with Gasteiger partial charge in [0.1, 0.15) is 17.3 Å². The van der Waals surface area contributed by atoms with Crippen molar-refractivity contribution in [2.75, 3.05) is 10.6 Å². The van der Waals surface area contributed by atoms with Gasteiger partial charge in [-0.3, -0.25) is 0 Å². The van der Waals surface area contributed by atoms with E-state index in [0.717, 1.165) is 12.1 Å². The number of alkyl halides is 3. The zero-order valence-electron chi connectivity index (χ0n) is 15.5. The quantitative estimate of drug-likeness (QED) is 0.430. The second kappa shape index (κ2) is 8.60. The maximum atomic E-state index is 12.6. The molecule has 0 atom stereocenters. The molecule has 3 aromatic carbocycles. The fraction of sp³-hybridized carbons (Fsp3) is 0.0455. The lowest BCUT2D eigenvalue weighted by molar-refractivity contribution is -0.137.